The summed E-state index contributed by atoms with van der Waals surface area (Å²) in [7, 11) is 1.30. The molecule has 23 heavy (non-hydrogen) atoms. The number of ketones is 1. The van der Waals surface area contributed by atoms with Crippen LogP contribution in [0.15, 0.2) is 29.4 Å². The first-order chi connectivity index (χ1) is 10.9. The fraction of sp³-hybridized carbons (Fsp3) is 0.312. The van der Waals surface area contributed by atoms with Gasteiger partial charge in [0.15, 0.2) is 12.0 Å². The number of Topliss-reactive ketones (excluding diaryl/α,β-unsaturated/α-hetero) is 1. The summed E-state index contributed by atoms with van der Waals surface area (Å²) in [5, 5.41) is 11.7. The number of thioether (sulfide) groups is 1. The standard InChI is InChI=1S/C16H18N2O4S/c1-9-13(16(20)22-4)10(2)17-14(9)15(19)11(3)23-12-7-5-6-8-18(12)21/h5-8,11,17H,1-4H3/t11-/m1/s1. The lowest BCUT2D eigenvalue weighted by atomic mass is 10.1. The van der Waals surface area contributed by atoms with E-state index in [1.807, 2.05) is 0 Å². The Kier molecular flexibility index (Phi) is 5.10. The van der Waals surface area contributed by atoms with E-state index in [4.69, 9.17) is 4.74 Å². The van der Waals surface area contributed by atoms with Crippen LogP contribution >= 0.6 is 11.8 Å². The minimum Gasteiger partial charge on any atom is -0.618 e. The van der Waals surface area contributed by atoms with E-state index in [0.717, 1.165) is 4.73 Å². The molecule has 0 spiro atoms. The van der Waals surface area contributed by atoms with Crippen molar-refractivity contribution in [3.8, 4) is 0 Å². The molecule has 6 nitrogen and oxygen atoms in total. The lowest BCUT2D eigenvalue weighted by Gasteiger charge is -2.09. The first-order valence-electron chi connectivity index (χ1n) is 7.03. The van der Waals surface area contributed by atoms with E-state index in [9.17, 15) is 14.8 Å². The molecule has 2 aromatic rings. The molecular weight excluding hydrogens is 316 g/mol. The van der Waals surface area contributed by atoms with Crippen molar-refractivity contribution in [1.82, 2.24) is 4.98 Å². The van der Waals surface area contributed by atoms with E-state index in [1.54, 1.807) is 39.0 Å². The Morgan fingerprint density at radius 3 is 2.65 bits per heavy atom. The monoisotopic (exact) mass is 334 g/mol. The maximum atomic E-state index is 12.6. The van der Waals surface area contributed by atoms with Crippen molar-refractivity contribution >= 4 is 23.5 Å². The summed E-state index contributed by atoms with van der Waals surface area (Å²) < 4.78 is 5.47. The van der Waals surface area contributed by atoms with Crippen LogP contribution in [0.1, 0.15) is 39.0 Å². The second kappa shape index (κ2) is 6.87. The number of nitrogens with one attached hydrogen (secondary N) is 1. The highest BCUT2D eigenvalue weighted by atomic mass is 32.2. The lowest BCUT2D eigenvalue weighted by Crippen LogP contribution is -2.29. The fourth-order valence-electron chi connectivity index (χ4n) is 2.35. The minimum atomic E-state index is -0.476. The van der Waals surface area contributed by atoms with Crippen LogP contribution in [0.2, 0.25) is 0 Å². The molecule has 0 saturated carbocycles. The molecule has 0 saturated heterocycles. The van der Waals surface area contributed by atoms with E-state index in [-0.39, 0.29) is 5.78 Å². The zero-order valence-corrected chi connectivity index (χ0v) is 14.2. The van der Waals surface area contributed by atoms with Gasteiger partial charge in [-0.05, 0) is 44.2 Å². The summed E-state index contributed by atoms with van der Waals surface area (Å²) in [6, 6.07) is 5.03. The number of nitrogens with zero attached hydrogens (tertiary/aromatic N) is 1. The van der Waals surface area contributed by atoms with Gasteiger partial charge in [0.1, 0.15) is 0 Å². The fourth-order valence-corrected chi connectivity index (χ4v) is 3.26. The molecule has 0 unspecified atom stereocenters. The van der Waals surface area contributed by atoms with Gasteiger partial charge in [-0.3, -0.25) is 4.79 Å². The van der Waals surface area contributed by atoms with Crippen molar-refractivity contribution in [2.24, 2.45) is 0 Å². The zero-order valence-electron chi connectivity index (χ0n) is 13.4. The summed E-state index contributed by atoms with van der Waals surface area (Å²) in [4.78, 5) is 27.4. The van der Waals surface area contributed by atoms with Crippen molar-refractivity contribution in [1.29, 1.82) is 0 Å². The SMILES string of the molecule is COC(=O)c1c(C)[nH]c(C(=O)[C@@H](C)Sc2cccc[n+]2[O-])c1C. The van der Waals surface area contributed by atoms with Gasteiger partial charge in [-0.15, -0.1) is 0 Å². The molecule has 0 bridgehead atoms. The Morgan fingerprint density at radius 1 is 1.35 bits per heavy atom. The molecule has 0 aliphatic carbocycles. The quantitative estimate of drug-likeness (QED) is 0.298. The summed E-state index contributed by atoms with van der Waals surface area (Å²) in [5.74, 6) is -0.648. The number of aromatic nitrogens is 2. The number of pyridine rings is 1. The average molecular weight is 334 g/mol. The topological polar surface area (TPSA) is 86.1 Å². The van der Waals surface area contributed by atoms with Crippen molar-refractivity contribution in [3.05, 3.63) is 52.1 Å². The average Bonchev–Trinajstić information content (AvgIpc) is 2.82. The maximum Gasteiger partial charge on any atom is 0.339 e. The molecule has 1 N–H and O–H groups in total. The van der Waals surface area contributed by atoms with Crippen LogP contribution in [0.25, 0.3) is 0 Å². The van der Waals surface area contributed by atoms with Crippen LogP contribution in [-0.4, -0.2) is 29.1 Å². The Morgan fingerprint density at radius 2 is 2.04 bits per heavy atom. The van der Waals surface area contributed by atoms with Gasteiger partial charge >= 0.3 is 5.97 Å². The Balaban J connectivity index is 2.27. The van der Waals surface area contributed by atoms with Gasteiger partial charge in [0.05, 0.1) is 23.6 Å². The third-order valence-electron chi connectivity index (χ3n) is 3.53. The largest absolute Gasteiger partial charge is 0.618 e. The van der Waals surface area contributed by atoms with Gasteiger partial charge in [0, 0.05) is 17.8 Å². The first-order valence-corrected chi connectivity index (χ1v) is 7.91. The summed E-state index contributed by atoms with van der Waals surface area (Å²) >= 11 is 1.18. The second-order valence-electron chi connectivity index (χ2n) is 5.11. The minimum absolute atomic E-state index is 0.172. The molecule has 0 amide bonds. The molecule has 2 rings (SSSR count). The second-order valence-corrected chi connectivity index (χ2v) is 6.47. The highest BCUT2D eigenvalue weighted by Gasteiger charge is 2.27. The van der Waals surface area contributed by atoms with Crippen LogP contribution in [0.5, 0.6) is 0 Å². The third kappa shape index (κ3) is 3.39. The normalized spacial score (nSPS) is 12.0. The van der Waals surface area contributed by atoms with Gasteiger partial charge in [0.25, 0.3) is 5.03 Å². The lowest BCUT2D eigenvalue weighted by molar-refractivity contribution is -0.645. The predicted octanol–water partition coefficient (Wildman–Crippen LogP) is 2.42. The Bertz CT molecular complexity index is 755. The molecular formula is C16H18N2O4S. The number of carbonyl (C=O) groups excluding carboxylic acids is 2. The van der Waals surface area contributed by atoms with Crippen LogP contribution in [0.4, 0.5) is 0 Å². The highest BCUT2D eigenvalue weighted by Crippen LogP contribution is 2.26. The number of methoxy groups -OCH3 is 1. The number of aryl methyl sites for hydroxylation is 1. The number of aromatic amines is 1. The number of hydrogen-bond donors (Lipinski definition) is 1. The molecule has 2 heterocycles. The molecule has 1 atom stereocenters. The van der Waals surface area contributed by atoms with E-state index < -0.39 is 11.2 Å². The van der Waals surface area contributed by atoms with Gasteiger partial charge in [-0.2, -0.15) is 4.73 Å². The van der Waals surface area contributed by atoms with Crippen molar-refractivity contribution < 1.29 is 19.1 Å². The highest BCUT2D eigenvalue weighted by molar-refractivity contribution is 8.00. The predicted molar refractivity (Wildman–Crippen MR) is 86.7 cm³/mol. The van der Waals surface area contributed by atoms with Crippen LogP contribution in [0, 0.1) is 19.1 Å². The third-order valence-corrected chi connectivity index (χ3v) is 4.65. The molecule has 0 aromatic carbocycles. The van der Waals surface area contributed by atoms with Gasteiger partial charge in [-0.1, -0.05) is 0 Å². The van der Waals surface area contributed by atoms with Crippen LogP contribution < -0.4 is 4.73 Å². The van der Waals surface area contributed by atoms with Crippen LogP contribution in [-0.2, 0) is 4.74 Å². The molecule has 0 fully saturated rings. The number of rotatable bonds is 5. The number of H-pyrrole nitrogens is 1. The number of esters is 1. The molecule has 0 radical (unpaired) electrons. The molecule has 2 aromatic heterocycles. The molecule has 122 valence electrons. The molecule has 0 aliphatic heterocycles. The maximum absolute atomic E-state index is 12.6. The summed E-state index contributed by atoms with van der Waals surface area (Å²) in [6.07, 6.45) is 1.39. The van der Waals surface area contributed by atoms with Crippen LogP contribution in [0.3, 0.4) is 0 Å². The van der Waals surface area contributed by atoms with Gasteiger partial charge < -0.3 is 14.9 Å². The smallest absolute Gasteiger partial charge is 0.339 e. The summed E-state index contributed by atoms with van der Waals surface area (Å²) in [5.41, 5.74) is 1.91. The van der Waals surface area contributed by atoms with Gasteiger partial charge in [-0.25, -0.2) is 4.79 Å². The Labute approximate surface area is 138 Å². The number of carbonyl (C=O) groups is 2. The van der Waals surface area contributed by atoms with Crippen molar-refractivity contribution in [2.45, 2.75) is 31.0 Å². The first kappa shape index (κ1) is 17.1. The van der Waals surface area contributed by atoms with Gasteiger partial charge in [0.2, 0.25) is 0 Å². The van der Waals surface area contributed by atoms with E-state index in [2.05, 4.69) is 4.98 Å². The zero-order chi connectivity index (χ0) is 17.1. The summed E-state index contributed by atoms with van der Waals surface area (Å²) in [6.45, 7) is 5.15. The van der Waals surface area contributed by atoms with E-state index in [1.165, 1.54) is 25.1 Å². The van der Waals surface area contributed by atoms with E-state index in [0.29, 0.717) is 27.5 Å². The van der Waals surface area contributed by atoms with Crippen molar-refractivity contribution in [3.63, 3.8) is 0 Å². The van der Waals surface area contributed by atoms with E-state index >= 15 is 0 Å². The molecule has 0 aliphatic rings. The number of hydrogen-bond acceptors (Lipinski definition) is 5. The molecule has 7 heteroatoms. The van der Waals surface area contributed by atoms with Crippen molar-refractivity contribution in [2.75, 3.05) is 7.11 Å². The number of ether oxygens (including phenoxy) is 1. The Hall–Kier alpha value is -2.28.